The average Bonchev–Trinajstić information content (AvgIpc) is 2.66. The number of pyridine rings is 3. The van der Waals surface area contributed by atoms with E-state index in [9.17, 15) is 10.1 Å². The van der Waals surface area contributed by atoms with E-state index in [1.54, 1.807) is 16.8 Å². The van der Waals surface area contributed by atoms with Crippen LogP contribution in [0.1, 0.15) is 16.7 Å². The Labute approximate surface area is 148 Å². The van der Waals surface area contributed by atoms with Crippen molar-refractivity contribution < 1.29 is 9.55 Å². The molecule has 26 heavy (non-hydrogen) atoms. The van der Waals surface area contributed by atoms with Crippen LogP contribution in [0.15, 0.2) is 53.7 Å². The number of fused-ring (bicyclic) bond motifs is 2. The molecule has 4 heterocycles. The van der Waals surface area contributed by atoms with Gasteiger partial charge < -0.3 is 5.73 Å². The molecule has 4 aromatic heterocycles. The summed E-state index contributed by atoms with van der Waals surface area (Å²) in [6.07, 6.45) is 5.30. The summed E-state index contributed by atoms with van der Waals surface area (Å²) in [5.41, 5.74) is 9.16. The molecular weight excluding hydrogens is 328 g/mol. The highest BCUT2D eigenvalue weighted by molar-refractivity contribution is 5.77. The van der Waals surface area contributed by atoms with Crippen LogP contribution >= 0.6 is 0 Å². The zero-order valence-corrected chi connectivity index (χ0v) is 14.1. The predicted octanol–water partition coefficient (Wildman–Crippen LogP) is 0.760. The van der Waals surface area contributed by atoms with Gasteiger partial charge in [0.1, 0.15) is 17.0 Å². The fraction of sp³-hybridized carbons (Fsp3) is 0.105. The molecule has 0 bridgehead atoms. The minimum absolute atomic E-state index is 0.222. The highest BCUT2D eigenvalue weighted by Gasteiger charge is 2.21. The average molecular weight is 344 g/mol. The number of nitrogens with zero attached hydrogens (tertiary/aromatic N) is 4. The van der Waals surface area contributed by atoms with E-state index in [-0.39, 0.29) is 16.9 Å². The quantitative estimate of drug-likeness (QED) is 0.428. The lowest BCUT2D eigenvalue weighted by Gasteiger charge is -2.09. The van der Waals surface area contributed by atoms with Crippen LogP contribution < -0.4 is 20.8 Å². The van der Waals surface area contributed by atoms with E-state index < -0.39 is 0 Å². The van der Waals surface area contributed by atoms with Crippen LogP contribution in [-0.4, -0.2) is 9.38 Å². The summed E-state index contributed by atoms with van der Waals surface area (Å²) in [6, 6.07) is 11.1. The Balaban J connectivity index is 2.13. The van der Waals surface area contributed by atoms with E-state index in [2.05, 4.69) is 11.1 Å². The normalized spacial score (nSPS) is 10.9. The van der Waals surface area contributed by atoms with Crippen molar-refractivity contribution in [3.8, 4) is 6.07 Å². The lowest BCUT2D eigenvalue weighted by Crippen LogP contribution is -2.41. The second kappa shape index (κ2) is 5.93. The van der Waals surface area contributed by atoms with Crippen LogP contribution in [0, 0.1) is 18.3 Å². The molecule has 0 aliphatic heterocycles. The van der Waals surface area contributed by atoms with E-state index in [1.165, 1.54) is 10.5 Å². The highest BCUT2D eigenvalue weighted by atomic mass is 16.1. The number of hydrogen-bond acceptors (Lipinski definition) is 4. The lowest BCUT2D eigenvalue weighted by atomic mass is 10.2. The van der Waals surface area contributed by atoms with Crippen LogP contribution in [0.3, 0.4) is 0 Å². The molecule has 0 fully saturated rings. The SMILES string of the molecule is Cc1cccn2c(=O)c3cc(C#N)c(N)[n+](Cc4cc[nH+]cc4)c3nc12. The maximum Gasteiger partial charge on any atom is 0.278 e. The van der Waals surface area contributed by atoms with E-state index in [4.69, 9.17) is 10.7 Å². The summed E-state index contributed by atoms with van der Waals surface area (Å²) in [5.74, 6) is 0.290. The van der Waals surface area contributed by atoms with Crippen molar-refractivity contribution in [2.75, 3.05) is 5.73 Å². The Morgan fingerprint density at radius 2 is 2.12 bits per heavy atom. The Morgan fingerprint density at radius 3 is 2.85 bits per heavy atom. The number of nitrogens with two attached hydrogens (primary N) is 1. The van der Waals surface area contributed by atoms with Gasteiger partial charge in [-0.15, -0.1) is 0 Å². The Hall–Kier alpha value is -3.79. The zero-order valence-electron chi connectivity index (χ0n) is 14.1. The summed E-state index contributed by atoms with van der Waals surface area (Å²) >= 11 is 0. The number of aromatic nitrogens is 4. The number of nitrogens with one attached hydrogen (secondary N) is 1. The van der Waals surface area contributed by atoms with Crippen molar-refractivity contribution >= 4 is 22.5 Å². The molecular formula is C19H16N6O+2. The van der Waals surface area contributed by atoms with Gasteiger partial charge in [-0.25, -0.2) is 9.55 Å². The monoisotopic (exact) mass is 344 g/mol. The molecule has 0 atom stereocenters. The van der Waals surface area contributed by atoms with Gasteiger partial charge in [-0.2, -0.15) is 5.26 Å². The van der Waals surface area contributed by atoms with Crippen LogP contribution in [0.25, 0.3) is 16.7 Å². The van der Waals surface area contributed by atoms with E-state index in [1.807, 2.05) is 37.5 Å². The Bertz CT molecular complexity index is 1250. The first-order valence-electron chi connectivity index (χ1n) is 8.09. The second-order valence-corrected chi connectivity index (χ2v) is 6.09. The van der Waals surface area contributed by atoms with Crippen molar-refractivity contribution in [3.63, 3.8) is 0 Å². The van der Waals surface area contributed by atoms with Crippen molar-refractivity contribution in [1.29, 1.82) is 5.26 Å². The topological polar surface area (TPSA) is 102 Å². The van der Waals surface area contributed by atoms with Gasteiger partial charge in [-0.3, -0.25) is 9.20 Å². The summed E-state index contributed by atoms with van der Waals surface area (Å²) in [7, 11) is 0. The molecule has 0 aromatic carbocycles. The third-order valence-corrected chi connectivity index (χ3v) is 4.42. The fourth-order valence-corrected chi connectivity index (χ4v) is 3.07. The van der Waals surface area contributed by atoms with Crippen LogP contribution in [0.5, 0.6) is 0 Å². The molecule has 0 amide bonds. The third kappa shape index (κ3) is 2.36. The van der Waals surface area contributed by atoms with Gasteiger partial charge in [0.05, 0.1) is 6.54 Å². The predicted molar refractivity (Wildman–Crippen MR) is 95.1 cm³/mol. The van der Waals surface area contributed by atoms with Crippen LogP contribution in [0.4, 0.5) is 5.82 Å². The van der Waals surface area contributed by atoms with Crippen molar-refractivity contribution in [2.45, 2.75) is 13.5 Å². The summed E-state index contributed by atoms with van der Waals surface area (Å²) in [6.45, 7) is 2.30. The number of rotatable bonds is 2. The van der Waals surface area contributed by atoms with Crippen molar-refractivity contribution in [3.05, 3.63) is 76.0 Å². The summed E-state index contributed by atoms with van der Waals surface area (Å²) in [5, 5.41) is 9.80. The number of aryl methyl sites for hydroxylation is 1. The first-order chi connectivity index (χ1) is 12.6. The van der Waals surface area contributed by atoms with E-state index in [0.717, 1.165) is 11.1 Å². The molecule has 3 N–H and O–H groups in total. The molecule has 0 saturated heterocycles. The van der Waals surface area contributed by atoms with Crippen molar-refractivity contribution in [2.24, 2.45) is 0 Å². The zero-order chi connectivity index (χ0) is 18.3. The number of nitriles is 1. The lowest BCUT2D eigenvalue weighted by molar-refractivity contribution is -0.649. The highest BCUT2D eigenvalue weighted by Crippen LogP contribution is 2.15. The first kappa shape index (κ1) is 15.7. The third-order valence-electron chi connectivity index (χ3n) is 4.42. The smallest absolute Gasteiger partial charge is 0.278 e. The molecule has 7 nitrogen and oxygen atoms in total. The van der Waals surface area contributed by atoms with Crippen LogP contribution in [-0.2, 0) is 6.54 Å². The number of anilines is 1. The molecule has 4 aromatic rings. The standard InChI is InChI=1S/C19H14N6O/c1-12-3-2-8-24-17(12)23-18-15(19(24)26)9-14(10-20)16(21)25(18)11-13-4-6-22-7-5-13/h2-9,21H,11H2,1H3/p+2. The van der Waals surface area contributed by atoms with Gasteiger partial charge in [0, 0.05) is 23.9 Å². The van der Waals surface area contributed by atoms with Gasteiger partial charge in [0.15, 0.2) is 12.4 Å². The van der Waals surface area contributed by atoms with Gasteiger partial charge in [-0.1, -0.05) is 11.1 Å². The van der Waals surface area contributed by atoms with Gasteiger partial charge in [0.2, 0.25) is 11.5 Å². The molecule has 126 valence electrons. The molecule has 0 aliphatic rings. The number of aromatic amines is 1. The maximum atomic E-state index is 13.0. The van der Waals surface area contributed by atoms with Gasteiger partial charge in [-0.05, 0) is 24.6 Å². The molecule has 0 spiro atoms. The van der Waals surface area contributed by atoms with Crippen molar-refractivity contribution in [1.82, 2.24) is 9.38 Å². The Morgan fingerprint density at radius 1 is 1.35 bits per heavy atom. The van der Waals surface area contributed by atoms with E-state index >= 15 is 0 Å². The van der Waals surface area contributed by atoms with Gasteiger partial charge in [0.25, 0.3) is 11.2 Å². The molecule has 0 unspecified atom stereocenters. The largest absolute Gasteiger partial charge is 0.317 e. The maximum absolute atomic E-state index is 13.0. The fourth-order valence-electron chi connectivity index (χ4n) is 3.07. The molecule has 4 rings (SSSR count). The Kier molecular flexibility index (Phi) is 3.59. The number of H-pyrrole nitrogens is 1. The number of nitrogen functional groups attached to an aromatic ring is 1. The second-order valence-electron chi connectivity index (χ2n) is 6.09. The molecule has 7 heteroatoms. The first-order valence-corrected chi connectivity index (χ1v) is 8.09. The van der Waals surface area contributed by atoms with Gasteiger partial charge >= 0.3 is 0 Å². The molecule has 0 radical (unpaired) electrons. The summed E-state index contributed by atoms with van der Waals surface area (Å²) < 4.78 is 3.22. The molecule has 0 saturated carbocycles. The number of hydrogen-bond donors (Lipinski definition) is 1. The minimum atomic E-state index is -0.222. The van der Waals surface area contributed by atoms with Crippen LogP contribution in [0.2, 0.25) is 0 Å². The summed E-state index contributed by atoms with van der Waals surface area (Å²) in [4.78, 5) is 20.6. The van der Waals surface area contributed by atoms with E-state index in [0.29, 0.717) is 23.2 Å². The molecule has 0 aliphatic carbocycles. The minimum Gasteiger partial charge on any atom is -0.317 e.